The third-order valence-corrected chi connectivity index (χ3v) is 6.50. The molecule has 0 fully saturated rings. The number of benzene rings is 1. The fraction of sp³-hybridized carbons (Fsp3) is 0.400. The van der Waals surface area contributed by atoms with E-state index in [9.17, 15) is 19.5 Å². The molecule has 1 rings (SSSR count). The van der Waals surface area contributed by atoms with Gasteiger partial charge in [0.2, 0.25) is 11.8 Å². The van der Waals surface area contributed by atoms with E-state index in [0.717, 1.165) is 0 Å². The first kappa shape index (κ1) is 23.8. The number of aliphatic hydroxyl groups excluding tert-OH is 2. The van der Waals surface area contributed by atoms with E-state index >= 15 is 0 Å². The van der Waals surface area contributed by atoms with Crippen LogP contribution in [0.3, 0.4) is 0 Å². The Balaban J connectivity index is 3.41. The summed E-state index contributed by atoms with van der Waals surface area (Å²) in [6.07, 6.45) is -1.17. The molecule has 26 heavy (non-hydrogen) atoms. The number of hydrogen-bond donors (Lipinski definition) is 4. The van der Waals surface area contributed by atoms with E-state index in [0.29, 0.717) is 22.0 Å². The van der Waals surface area contributed by atoms with Crippen molar-refractivity contribution in [2.75, 3.05) is 18.5 Å². The Bertz CT molecular complexity index is 726. The van der Waals surface area contributed by atoms with Gasteiger partial charge in [-0.2, -0.15) is 0 Å². The largest absolute Gasteiger partial charge is 0.459 e. The topological polar surface area (TPSA) is 125 Å². The number of hydrogen-bond acceptors (Lipinski definition) is 6. The minimum atomic E-state index is -1.17. The fourth-order valence-electron chi connectivity index (χ4n) is 1.85. The van der Waals surface area contributed by atoms with Crippen molar-refractivity contribution < 1.29 is 29.3 Å². The van der Waals surface area contributed by atoms with Gasteiger partial charge < -0.3 is 25.6 Å². The minimum absolute atomic E-state index is 0.176. The predicted octanol–water partition coefficient (Wildman–Crippen LogP) is 1.60. The first-order chi connectivity index (χ1) is 12.1. The van der Waals surface area contributed by atoms with Gasteiger partial charge in [-0.25, -0.2) is 4.79 Å². The van der Waals surface area contributed by atoms with Crippen LogP contribution in [0.25, 0.3) is 0 Å². The lowest BCUT2D eigenvalue weighted by atomic mass is 10.1. The highest BCUT2D eigenvalue weighted by molar-refractivity contribution is 14.1. The van der Waals surface area contributed by atoms with E-state index in [1.165, 1.54) is 13.8 Å². The molecule has 0 aliphatic carbocycles. The second-order valence-corrected chi connectivity index (χ2v) is 8.43. The first-order valence-electron chi connectivity index (χ1n) is 7.27. The summed E-state index contributed by atoms with van der Waals surface area (Å²) in [7, 11) is 0. The van der Waals surface area contributed by atoms with Gasteiger partial charge in [0.05, 0.1) is 21.4 Å². The molecule has 2 amide bonds. The Kier molecular flexibility index (Phi) is 9.98. The molecule has 0 aliphatic rings. The molecule has 4 N–H and O–H groups in total. The zero-order chi connectivity index (χ0) is 20.0. The van der Waals surface area contributed by atoms with Crippen LogP contribution in [-0.4, -0.2) is 47.3 Å². The van der Waals surface area contributed by atoms with Crippen molar-refractivity contribution in [3.8, 4) is 0 Å². The zero-order valence-corrected chi connectivity index (χ0v) is 20.3. The Morgan fingerprint density at radius 1 is 1.08 bits per heavy atom. The third kappa shape index (κ3) is 6.42. The van der Waals surface area contributed by atoms with Gasteiger partial charge in [0.25, 0.3) is 0 Å². The molecule has 11 heteroatoms. The maximum Gasteiger partial charge on any atom is 0.340 e. The molecule has 1 unspecified atom stereocenters. The van der Waals surface area contributed by atoms with Gasteiger partial charge in [-0.3, -0.25) is 9.59 Å². The molecule has 1 aromatic rings. The molecule has 144 valence electrons. The summed E-state index contributed by atoms with van der Waals surface area (Å²) in [4.78, 5) is 35.3. The van der Waals surface area contributed by atoms with E-state index < -0.39 is 18.7 Å². The van der Waals surface area contributed by atoms with Crippen LogP contribution in [0.5, 0.6) is 0 Å². The van der Waals surface area contributed by atoms with E-state index in [4.69, 9.17) is 9.84 Å². The Labute approximate surface area is 191 Å². The number of anilines is 1. The first-order valence-corrected chi connectivity index (χ1v) is 10.5. The second kappa shape index (κ2) is 10.9. The lowest BCUT2D eigenvalue weighted by Gasteiger charge is -2.19. The van der Waals surface area contributed by atoms with Crippen molar-refractivity contribution in [3.05, 3.63) is 21.8 Å². The van der Waals surface area contributed by atoms with E-state index in [2.05, 4.69) is 10.6 Å². The van der Waals surface area contributed by atoms with Crippen molar-refractivity contribution in [1.82, 2.24) is 5.32 Å². The Hall–Kier alpha value is -0.260. The molecule has 0 aliphatic heterocycles. The zero-order valence-electron chi connectivity index (χ0n) is 13.9. The summed E-state index contributed by atoms with van der Waals surface area (Å²) in [5.41, 5.74) is 1.34. The van der Waals surface area contributed by atoms with E-state index in [1.807, 2.05) is 67.8 Å². The second-order valence-electron chi connectivity index (χ2n) is 5.20. The Morgan fingerprint density at radius 3 is 2.19 bits per heavy atom. The maximum atomic E-state index is 12.5. The molecule has 0 heterocycles. The number of carbonyl (C=O) groups excluding carboxylic acids is 3. The maximum absolute atomic E-state index is 12.5. The van der Waals surface area contributed by atoms with E-state index in [1.54, 1.807) is 0 Å². The van der Waals surface area contributed by atoms with Crippen LogP contribution in [-0.2, 0) is 20.9 Å². The lowest BCUT2D eigenvalue weighted by Crippen LogP contribution is -2.25. The summed E-state index contributed by atoms with van der Waals surface area (Å²) < 4.78 is 6.82. The Morgan fingerprint density at radius 2 is 1.69 bits per heavy atom. The number of carbonyl (C=O) groups is 3. The molecule has 0 spiro atoms. The van der Waals surface area contributed by atoms with Crippen molar-refractivity contribution in [2.24, 2.45) is 0 Å². The van der Waals surface area contributed by atoms with Crippen LogP contribution in [0.4, 0.5) is 5.69 Å². The number of rotatable bonds is 7. The smallest absolute Gasteiger partial charge is 0.340 e. The molecule has 1 atom stereocenters. The highest BCUT2D eigenvalue weighted by Crippen LogP contribution is 2.36. The molecule has 0 aromatic heterocycles. The molecule has 1 aromatic carbocycles. The highest BCUT2D eigenvalue weighted by atomic mass is 127. The third-order valence-electron chi connectivity index (χ3n) is 3.04. The van der Waals surface area contributed by atoms with Gasteiger partial charge in [-0.15, -0.1) is 0 Å². The summed E-state index contributed by atoms with van der Waals surface area (Å²) in [5.74, 6) is -1.23. The van der Waals surface area contributed by atoms with Crippen molar-refractivity contribution >= 4 is 91.2 Å². The number of amides is 2. The molecule has 0 saturated carbocycles. The summed E-state index contributed by atoms with van der Waals surface area (Å²) in [5, 5.41) is 23.6. The van der Waals surface area contributed by atoms with Crippen LogP contribution in [0.2, 0.25) is 0 Å². The minimum Gasteiger partial charge on any atom is -0.459 e. The van der Waals surface area contributed by atoms with Gasteiger partial charge in [0.1, 0.15) is 12.7 Å². The van der Waals surface area contributed by atoms with Crippen molar-refractivity contribution in [3.63, 3.8) is 0 Å². The summed E-state index contributed by atoms with van der Waals surface area (Å²) in [6, 6.07) is 0. The molecular formula is C15H17I3N2O6. The molecule has 8 nitrogen and oxygen atoms in total. The van der Waals surface area contributed by atoms with Gasteiger partial charge in [-0.1, -0.05) is 0 Å². The number of aliphatic hydroxyl groups is 2. The van der Waals surface area contributed by atoms with Crippen LogP contribution in [0.1, 0.15) is 29.8 Å². The number of ether oxygens (including phenoxy) is 1. The van der Waals surface area contributed by atoms with Gasteiger partial charge in [0.15, 0.2) is 0 Å². The molecule has 0 saturated heterocycles. The number of halogens is 3. The van der Waals surface area contributed by atoms with Gasteiger partial charge >= 0.3 is 5.97 Å². The molecule has 0 bridgehead atoms. The van der Waals surface area contributed by atoms with Crippen LogP contribution in [0, 0.1) is 10.7 Å². The molecule has 0 radical (unpaired) electrons. The van der Waals surface area contributed by atoms with Crippen molar-refractivity contribution in [2.45, 2.75) is 26.5 Å². The summed E-state index contributed by atoms with van der Waals surface area (Å²) in [6.45, 7) is 2.03. The monoisotopic (exact) mass is 702 g/mol. The quantitative estimate of drug-likeness (QED) is 0.253. The highest BCUT2D eigenvalue weighted by Gasteiger charge is 2.26. The summed E-state index contributed by atoms with van der Waals surface area (Å²) >= 11 is 5.98. The standard InChI is InChI=1S/C15H17I3N2O6/c1-6(22)19-3-9-11(16)10(15(25)26-5-8(24)4-21)13(18)14(12(9)17)20-7(2)23/h8,21,24H,3-5H2,1-2H3,(H,19,22)(H,20,23). The fourth-order valence-corrected chi connectivity index (χ4v) is 6.10. The SMILES string of the molecule is CC(=O)NCc1c(I)c(NC(C)=O)c(I)c(C(=O)OCC(O)CO)c1I. The van der Waals surface area contributed by atoms with Crippen molar-refractivity contribution in [1.29, 1.82) is 0 Å². The molecular weight excluding hydrogens is 685 g/mol. The number of esters is 1. The van der Waals surface area contributed by atoms with Gasteiger partial charge in [-0.05, 0) is 67.8 Å². The van der Waals surface area contributed by atoms with Crippen LogP contribution < -0.4 is 10.6 Å². The van der Waals surface area contributed by atoms with Gasteiger partial charge in [0, 0.05) is 33.1 Å². The normalized spacial score (nSPS) is 11.7. The number of nitrogens with one attached hydrogen (secondary N) is 2. The van der Waals surface area contributed by atoms with Crippen LogP contribution in [0.15, 0.2) is 0 Å². The van der Waals surface area contributed by atoms with E-state index in [-0.39, 0.29) is 30.5 Å². The van der Waals surface area contributed by atoms with Crippen LogP contribution >= 0.6 is 67.8 Å². The lowest BCUT2D eigenvalue weighted by molar-refractivity contribution is -0.119. The average molecular weight is 702 g/mol. The predicted molar refractivity (Wildman–Crippen MR) is 120 cm³/mol. The average Bonchev–Trinajstić information content (AvgIpc) is 2.55.